The molecule has 60 heavy (non-hydrogen) atoms. The van der Waals surface area contributed by atoms with E-state index in [4.69, 9.17) is 0 Å². The molecule has 0 bridgehead atoms. The molecule has 308 valence electrons. The zero-order chi connectivity index (χ0) is 41.6. The van der Waals surface area contributed by atoms with Gasteiger partial charge in [-0.15, -0.1) is 71.0 Å². The van der Waals surface area contributed by atoms with E-state index in [-0.39, 0.29) is 35.6 Å². The summed E-state index contributed by atoms with van der Waals surface area (Å²) in [6.07, 6.45) is 12.2. The molecule has 7 aromatic carbocycles. The zero-order valence-electron chi connectivity index (χ0n) is 37.3. The molecule has 8 rings (SSSR count). The number of hydrogen-bond acceptors (Lipinski definition) is 0. The van der Waals surface area contributed by atoms with Crippen molar-refractivity contribution in [3.63, 3.8) is 0 Å². The molecule has 3 heteroatoms. The molecule has 0 N–H and O–H groups in total. The molecule has 7 aromatic rings. The van der Waals surface area contributed by atoms with Gasteiger partial charge in [0.1, 0.15) is 0 Å². The van der Waals surface area contributed by atoms with Crippen LogP contribution in [-0.4, -0.2) is 3.21 Å². The van der Waals surface area contributed by atoms with Gasteiger partial charge in [-0.3, -0.25) is 6.08 Å². The normalized spacial score (nSPS) is 11.9. The first kappa shape index (κ1) is 48.7. The van der Waals surface area contributed by atoms with E-state index in [9.17, 15) is 0 Å². The van der Waals surface area contributed by atoms with Crippen LogP contribution in [0.1, 0.15) is 92.5 Å². The minimum absolute atomic E-state index is 0. The van der Waals surface area contributed by atoms with Crippen molar-refractivity contribution in [3.8, 4) is 22.3 Å². The van der Waals surface area contributed by atoms with Crippen molar-refractivity contribution in [3.05, 3.63) is 196 Å². The molecule has 0 nitrogen and oxygen atoms in total. The van der Waals surface area contributed by atoms with Gasteiger partial charge in [0.25, 0.3) is 0 Å². The van der Waals surface area contributed by atoms with E-state index >= 15 is 0 Å². The summed E-state index contributed by atoms with van der Waals surface area (Å²) in [6, 6.07) is 47.5. The second-order valence-electron chi connectivity index (χ2n) is 18.3. The first-order valence-corrected chi connectivity index (χ1v) is 22.0. The van der Waals surface area contributed by atoms with Gasteiger partial charge in [-0.2, -0.15) is 6.08 Å². The van der Waals surface area contributed by atoms with Gasteiger partial charge < -0.3 is 0 Å². The summed E-state index contributed by atoms with van der Waals surface area (Å²) in [6.45, 7) is 22.8. The Balaban J connectivity index is 0.000000285. The monoisotopic (exact) mass is 906 g/mol. The summed E-state index contributed by atoms with van der Waals surface area (Å²) in [5.41, 5.74) is 16.4. The second kappa shape index (κ2) is 21.2. The Hall–Kier alpha value is -4.00. The Morgan fingerprint density at radius 3 is 1.23 bits per heavy atom. The molecule has 0 aromatic heterocycles. The van der Waals surface area contributed by atoms with Crippen LogP contribution in [0.25, 0.3) is 43.8 Å². The van der Waals surface area contributed by atoms with Crippen LogP contribution in [0.4, 0.5) is 0 Å². The van der Waals surface area contributed by atoms with Crippen molar-refractivity contribution >= 4 is 49.6 Å². The SMILES string of the molecule is Cc1cc(C)cc(-c2cc3[cH-]c4cc(-c5cc(C)cc(C)c5)c(C(C)(C)C)cc4c3cc2C(C)(C)C)c1.Cl.Cl.[C-]1=CC=CC1.[Zr+2]=[C](Cc1ccccc1)Cc1ccccc1. The van der Waals surface area contributed by atoms with Crippen LogP contribution >= 0.6 is 24.8 Å². The summed E-state index contributed by atoms with van der Waals surface area (Å²) in [4.78, 5) is 0. The number of aryl methyl sites for hydroxylation is 4. The van der Waals surface area contributed by atoms with E-state index in [0.717, 1.165) is 19.3 Å². The molecule has 0 aliphatic heterocycles. The van der Waals surface area contributed by atoms with Crippen LogP contribution in [0.3, 0.4) is 0 Å². The Bertz CT molecular complexity index is 2370. The third-order valence-corrected chi connectivity index (χ3v) is 11.6. The molecule has 0 fully saturated rings. The molecule has 1 aliphatic rings. The first-order chi connectivity index (χ1) is 27.5. The second-order valence-corrected chi connectivity index (χ2v) is 20.0. The molecule has 0 spiro atoms. The summed E-state index contributed by atoms with van der Waals surface area (Å²) in [5, 5.41) is 5.39. The number of rotatable bonds is 6. The van der Waals surface area contributed by atoms with Crippen molar-refractivity contribution in [2.24, 2.45) is 0 Å². The standard InChI is InChI=1S/C37H41.C15H14.C5H5.2ClH.Zr/c1-22-11-23(2)14-26(13-22)32-18-28-17-29-19-33(27-15-24(3)12-25(4)16-27)35(37(8,9)10)21-31(29)30(28)20-34(32)36(5,6)7;1-3-8-14(9-4-1)12-7-13-15-10-5-2-6-11-15;1-2-4-5-3-1;;;/h11-21H,1-10H3;1-6,8-11H,12-13H2;1-3H,4H2;2*1H;/q-1;;-1;;;+2. The molecule has 0 unspecified atom stereocenters. The van der Waals surface area contributed by atoms with Crippen LogP contribution in [0.15, 0.2) is 146 Å². The van der Waals surface area contributed by atoms with Gasteiger partial charge in [-0.25, -0.2) is 12.2 Å². The Labute approximate surface area is 388 Å². The van der Waals surface area contributed by atoms with Crippen molar-refractivity contribution in [2.45, 2.75) is 99.3 Å². The average molecular weight is 909 g/mol. The molecule has 1 aliphatic carbocycles. The zero-order valence-corrected chi connectivity index (χ0v) is 41.4. The van der Waals surface area contributed by atoms with Gasteiger partial charge in [0.2, 0.25) is 0 Å². The maximum atomic E-state index is 2.99. The molecule has 0 saturated carbocycles. The van der Waals surface area contributed by atoms with E-state index < -0.39 is 0 Å². The van der Waals surface area contributed by atoms with Gasteiger partial charge in [-0.1, -0.05) is 112 Å². The third kappa shape index (κ3) is 12.8. The number of fused-ring (bicyclic) bond motifs is 3. The van der Waals surface area contributed by atoms with E-state index in [0.29, 0.717) is 0 Å². The fourth-order valence-corrected chi connectivity index (χ4v) is 9.18. The molecular formula is C57H62Cl2Zr. The first-order valence-electron chi connectivity index (χ1n) is 20.8. The summed E-state index contributed by atoms with van der Waals surface area (Å²) in [5.74, 6) is 0. The predicted molar refractivity (Wildman–Crippen MR) is 266 cm³/mol. The summed E-state index contributed by atoms with van der Waals surface area (Å²) in [7, 11) is 0. The van der Waals surface area contributed by atoms with Crippen LogP contribution in [0.5, 0.6) is 0 Å². The topological polar surface area (TPSA) is 0 Å². The molecule has 0 heterocycles. The fraction of sp³-hybridized carbons (Fsp3) is 0.263. The number of hydrogen-bond donors (Lipinski definition) is 0. The Morgan fingerprint density at radius 2 is 0.933 bits per heavy atom. The minimum atomic E-state index is 0. The van der Waals surface area contributed by atoms with Gasteiger partial charge in [-0.05, 0) is 71.9 Å². The van der Waals surface area contributed by atoms with Crippen molar-refractivity contribution in [2.75, 3.05) is 0 Å². The van der Waals surface area contributed by atoms with Crippen LogP contribution in [0.2, 0.25) is 0 Å². The number of benzene rings is 6. The fourth-order valence-electron chi connectivity index (χ4n) is 8.17. The molecule has 0 saturated heterocycles. The van der Waals surface area contributed by atoms with Crippen molar-refractivity contribution in [1.82, 2.24) is 0 Å². The quantitative estimate of drug-likeness (QED) is 0.146. The van der Waals surface area contributed by atoms with Gasteiger partial charge in [0.05, 0.1) is 0 Å². The van der Waals surface area contributed by atoms with Gasteiger partial charge in [0.15, 0.2) is 0 Å². The van der Waals surface area contributed by atoms with E-state index in [1.807, 2.05) is 12.2 Å². The summed E-state index contributed by atoms with van der Waals surface area (Å²) < 4.78 is 1.60. The van der Waals surface area contributed by atoms with E-state index in [1.54, 1.807) is 27.4 Å². The van der Waals surface area contributed by atoms with Gasteiger partial charge >= 0.3 is 112 Å². The Morgan fingerprint density at radius 1 is 0.550 bits per heavy atom. The Kier molecular flexibility index (Phi) is 17.2. The van der Waals surface area contributed by atoms with E-state index in [2.05, 4.69) is 209 Å². The van der Waals surface area contributed by atoms with Crippen LogP contribution in [-0.2, 0) is 47.9 Å². The van der Waals surface area contributed by atoms with Crippen LogP contribution < -0.4 is 0 Å². The molecular weight excluding hydrogens is 847 g/mol. The molecule has 0 radical (unpaired) electrons. The maximum absolute atomic E-state index is 2.99. The van der Waals surface area contributed by atoms with Gasteiger partial charge in [0, 0.05) is 0 Å². The van der Waals surface area contributed by atoms with E-state index in [1.165, 1.54) is 88.3 Å². The van der Waals surface area contributed by atoms with Crippen molar-refractivity contribution in [1.29, 1.82) is 0 Å². The summed E-state index contributed by atoms with van der Waals surface area (Å²) >= 11 is 1.55. The number of halogens is 2. The third-order valence-electron chi connectivity index (χ3n) is 10.8. The van der Waals surface area contributed by atoms with Crippen LogP contribution in [0, 0.1) is 33.8 Å². The van der Waals surface area contributed by atoms with Crippen molar-refractivity contribution < 1.29 is 24.2 Å². The molecule has 0 atom stereocenters. The number of allylic oxidation sites excluding steroid dienone is 4. The predicted octanol–water partition coefficient (Wildman–Crippen LogP) is 16.2. The average Bonchev–Trinajstić information content (AvgIpc) is 3.85. The molecule has 0 amide bonds.